The molecule has 5 N–H and O–H groups in total. The van der Waals surface area contributed by atoms with Gasteiger partial charge in [0, 0.05) is 11.4 Å². The zero-order valence-corrected chi connectivity index (χ0v) is 17.2. The number of nitrogens with two attached hydrogens (primary N) is 2. The number of rotatable bonds is 5. The highest BCUT2D eigenvalue weighted by atomic mass is 19.1. The van der Waals surface area contributed by atoms with Crippen LogP contribution in [0.25, 0.3) is 21.3 Å². The zero-order valence-electron chi connectivity index (χ0n) is 17.2. The molecule has 0 bridgehead atoms. The van der Waals surface area contributed by atoms with Crippen LogP contribution < -0.4 is 22.3 Å². The topological polar surface area (TPSA) is 116 Å². The fraction of sp³-hybridized carbons (Fsp3) is 0.130. The van der Waals surface area contributed by atoms with Crippen LogP contribution in [0.4, 0.5) is 27.7 Å². The lowest BCUT2D eigenvalue weighted by molar-refractivity contribution is 0.635. The van der Waals surface area contributed by atoms with Crippen LogP contribution in [0.3, 0.4) is 0 Å². The number of hydrogen-bond donors (Lipinski definition) is 3. The Morgan fingerprint density at radius 2 is 1.91 bits per heavy atom. The van der Waals surface area contributed by atoms with Gasteiger partial charge in [-0.25, -0.2) is 19.2 Å². The first-order chi connectivity index (χ1) is 15.4. The normalized spacial score (nSPS) is 11.8. The van der Waals surface area contributed by atoms with E-state index < -0.39 is 17.4 Å². The zero-order chi connectivity index (χ0) is 22.8. The molecule has 0 saturated heterocycles. The highest BCUT2D eigenvalue weighted by Crippen LogP contribution is 2.34. The van der Waals surface area contributed by atoms with Gasteiger partial charge in [-0.2, -0.15) is 0 Å². The molecule has 2 aromatic carbocycles. The van der Waals surface area contributed by atoms with E-state index in [0.717, 1.165) is 0 Å². The number of fused-ring (bicyclic) bond motifs is 1. The third-order valence-electron chi connectivity index (χ3n) is 5.16. The molecule has 2 aromatic heterocycles. The number of benzene rings is 2. The molecule has 0 fully saturated rings. The standard InChI is InChI=1S/C23H20FN7O/c1-3-16(28-21-19(27-2)20(25)29-23(26)30-21)17-12-13-8-7-11-15(24)18(13)22(32)31(17)14-9-5-4-6-10-14/h4-12,16H,3H2,1H3,(H5,25,26,28,29,30)/t16-/m0/s1. The van der Waals surface area contributed by atoms with Crippen LogP contribution in [0.2, 0.25) is 0 Å². The van der Waals surface area contributed by atoms with Crippen molar-refractivity contribution < 1.29 is 4.39 Å². The Balaban J connectivity index is 1.97. The predicted octanol–water partition coefficient (Wildman–Crippen LogP) is 4.20. The van der Waals surface area contributed by atoms with Gasteiger partial charge < -0.3 is 16.8 Å². The summed E-state index contributed by atoms with van der Waals surface area (Å²) < 4.78 is 16.1. The molecule has 0 unspecified atom stereocenters. The van der Waals surface area contributed by atoms with Crippen molar-refractivity contribution >= 4 is 34.0 Å². The highest BCUT2D eigenvalue weighted by molar-refractivity contribution is 5.83. The summed E-state index contributed by atoms with van der Waals surface area (Å²) in [5.41, 5.74) is 12.3. The minimum atomic E-state index is -0.587. The minimum Gasteiger partial charge on any atom is -0.392 e. The Kier molecular flexibility index (Phi) is 5.43. The molecular weight excluding hydrogens is 409 g/mol. The van der Waals surface area contributed by atoms with Crippen molar-refractivity contribution in [3.63, 3.8) is 0 Å². The molecule has 160 valence electrons. The van der Waals surface area contributed by atoms with Crippen LogP contribution in [0, 0.1) is 12.4 Å². The predicted molar refractivity (Wildman–Crippen MR) is 123 cm³/mol. The molecule has 32 heavy (non-hydrogen) atoms. The molecule has 4 rings (SSSR count). The van der Waals surface area contributed by atoms with E-state index in [9.17, 15) is 9.18 Å². The lowest BCUT2D eigenvalue weighted by Gasteiger charge is -2.24. The van der Waals surface area contributed by atoms with Gasteiger partial charge in [0.05, 0.1) is 18.0 Å². The van der Waals surface area contributed by atoms with Gasteiger partial charge in [0.25, 0.3) is 11.2 Å². The fourth-order valence-corrected chi connectivity index (χ4v) is 3.69. The summed E-state index contributed by atoms with van der Waals surface area (Å²) in [7, 11) is 0. The Labute approximate surface area is 183 Å². The van der Waals surface area contributed by atoms with Crippen molar-refractivity contribution in [2.45, 2.75) is 19.4 Å². The van der Waals surface area contributed by atoms with Crippen LogP contribution >= 0.6 is 0 Å². The number of halogens is 1. The Morgan fingerprint density at radius 3 is 2.59 bits per heavy atom. The first kappa shape index (κ1) is 20.8. The first-order valence-corrected chi connectivity index (χ1v) is 9.91. The minimum absolute atomic E-state index is 0.00679. The van der Waals surface area contributed by atoms with E-state index in [2.05, 4.69) is 20.1 Å². The molecule has 0 aliphatic heterocycles. The number of hydrogen-bond acceptors (Lipinski definition) is 6. The molecule has 9 heteroatoms. The second kappa shape index (κ2) is 8.35. The van der Waals surface area contributed by atoms with Crippen molar-refractivity contribution in [2.75, 3.05) is 16.8 Å². The van der Waals surface area contributed by atoms with Crippen molar-refractivity contribution in [3.8, 4) is 5.69 Å². The number of para-hydroxylation sites is 1. The van der Waals surface area contributed by atoms with Gasteiger partial charge >= 0.3 is 0 Å². The quantitative estimate of drug-likeness (QED) is 0.410. The molecule has 0 saturated carbocycles. The Hall–Kier alpha value is -4.45. The molecule has 0 amide bonds. The smallest absolute Gasteiger partial charge is 0.268 e. The molecule has 0 aliphatic rings. The molecule has 0 spiro atoms. The summed E-state index contributed by atoms with van der Waals surface area (Å²) in [4.78, 5) is 24.8. The number of nitrogen functional groups attached to an aromatic ring is 2. The molecule has 4 aromatic rings. The van der Waals surface area contributed by atoms with E-state index in [0.29, 0.717) is 23.2 Å². The van der Waals surface area contributed by atoms with Gasteiger partial charge in [-0.15, -0.1) is 0 Å². The summed E-state index contributed by atoms with van der Waals surface area (Å²) in [6.45, 7) is 9.35. The molecular formula is C23H20FN7O. The fourth-order valence-electron chi connectivity index (χ4n) is 3.69. The second-order valence-electron chi connectivity index (χ2n) is 7.13. The van der Waals surface area contributed by atoms with Gasteiger partial charge in [0.1, 0.15) is 17.5 Å². The molecule has 1 atom stereocenters. The maximum absolute atomic E-state index is 14.6. The van der Waals surface area contributed by atoms with Gasteiger partial charge in [-0.3, -0.25) is 9.36 Å². The van der Waals surface area contributed by atoms with Crippen molar-refractivity contribution in [1.82, 2.24) is 14.5 Å². The number of nitrogens with zero attached hydrogens (tertiary/aromatic N) is 4. The lowest BCUT2D eigenvalue weighted by Crippen LogP contribution is -2.27. The number of aromatic nitrogens is 3. The average molecular weight is 429 g/mol. The second-order valence-corrected chi connectivity index (χ2v) is 7.13. The SMILES string of the molecule is [C-]#[N+]c1c(N)nc(N)nc1N[C@@H](CC)c1cc2cccc(F)c2c(=O)n1-c1ccccc1. The van der Waals surface area contributed by atoms with Gasteiger partial charge in [-0.05, 0) is 36.1 Å². The Bertz CT molecular complexity index is 1410. The summed E-state index contributed by atoms with van der Waals surface area (Å²) in [5.74, 6) is -0.529. The van der Waals surface area contributed by atoms with E-state index in [-0.39, 0.29) is 28.7 Å². The monoisotopic (exact) mass is 429 g/mol. The van der Waals surface area contributed by atoms with Gasteiger partial charge in [0.2, 0.25) is 5.95 Å². The average Bonchev–Trinajstić information content (AvgIpc) is 2.77. The van der Waals surface area contributed by atoms with Crippen molar-refractivity contribution in [3.05, 3.63) is 87.9 Å². The third kappa shape index (κ3) is 3.58. The van der Waals surface area contributed by atoms with Gasteiger partial charge in [0.15, 0.2) is 0 Å². The summed E-state index contributed by atoms with van der Waals surface area (Å²) in [5, 5.41) is 3.67. The van der Waals surface area contributed by atoms with Crippen LogP contribution in [-0.4, -0.2) is 14.5 Å². The van der Waals surface area contributed by atoms with Crippen LogP contribution in [0.1, 0.15) is 25.1 Å². The summed E-state index contributed by atoms with van der Waals surface area (Å²) in [6.07, 6.45) is 0.522. The van der Waals surface area contributed by atoms with E-state index in [1.807, 2.05) is 13.0 Å². The summed E-state index contributed by atoms with van der Waals surface area (Å²) in [6, 6.07) is 14.8. The van der Waals surface area contributed by atoms with E-state index in [4.69, 9.17) is 18.0 Å². The number of nitrogens with one attached hydrogen (secondary N) is 1. The van der Waals surface area contributed by atoms with E-state index in [1.54, 1.807) is 42.5 Å². The van der Waals surface area contributed by atoms with Crippen molar-refractivity contribution in [2.24, 2.45) is 0 Å². The maximum Gasteiger partial charge on any atom is 0.268 e. The molecule has 2 heterocycles. The van der Waals surface area contributed by atoms with Crippen molar-refractivity contribution in [1.29, 1.82) is 0 Å². The lowest BCUT2D eigenvalue weighted by atomic mass is 10.0. The first-order valence-electron chi connectivity index (χ1n) is 9.91. The van der Waals surface area contributed by atoms with E-state index >= 15 is 0 Å². The maximum atomic E-state index is 14.6. The van der Waals surface area contributed by atoms with Crippen LogP contribution in [0.5, 0.6) is 0 Å². The molecule has 0 aliphatic carbocycles. The highest BCUT2D eigenvalue weighted by Gasteiger charge is 2.22. The summed E-state index contributed by atoms with van der Waals surface area (Å²) >= 11 is 0. The molecule has 8 nitrogen and oxygen atoms in total. The molecule has 0 radical (unpaired) electrons. The number of anilines is 3. The number of pyridine rings is 1. The van der Waals surface area contributed by atoms with Crippen LogP contribution in [0.15, 0.2) is 59.4 Å². The Morgan fingerprint density at radius 1 is 1.16 bits per heavy atom. The van der Waals surface area contributed by atoms with Gasteiger partial charge in [-0.1, -0.05) is 37.3 Å². The van der Waals surface area contributed by atoms with E-state index in [1.165, 1.54) is 10.6 Å². The van der Waals surface area contributed by atoms with Crippen LogP contribution in [-0.2, 0) is 0 Å². The third-order valence-corrected chi connectivity index (χ3v) is 5.16. The largest absolute Gasteiger partial charge is 0.392 e.